The van der Waals surface area contributed by atoms with Crippen LogP contribution < -0.4 is 0 Å². The molecule has 0 saturated heterocycles. The molecule has 0 saturated carbocycles. The van der Waals surface area contributed by atoms with Crippen LogP contribution in [-0.4, -0.2) is 7.85 Å². The van der Waals surface area contributed by atoms with Crippen LogP contribution >= 0.6 is 0 Å². The summed E-state index contributed by atoms with van der Waals surface area (Å²) >= 11 is 0. The van der Waals surface area contributed by atoms with Gasteiger partial charge in [-0.3, -0.25) is 0 Å². The van der Waals surface area contributed by atoms with Gasteiger partial charge in [0.25, 0.3) is 0 Å². The molecule has 1 aromatic rings. The molecule has 1 aromatic carbocycles. The van der Waals surface area contributed by atoms with Gasteiger partial charge in [0, 0.05) is 0 Å². The van der Waals surface area contributed by atoms with E-state index in [9.17, 15) is 0 Å². The number of rotatable bonds is 5. The Bertz CT molecular complexity index is 307. The molecule has 0 amide bonds. The summed E-state index contributed by atoms with van der Waals surface area (Å²) in [5, 5.41) is -0.188. The first-order valence-electron chi connectivity index (χ1n) is 6.44. The van der Waals surface area contributed by atoms with Crippen molar-refractivity contribution in [1.82, 2.24) is 0 Å². The van der Waals surface area contributed by atoms with Crippen molar-refractivity contribution in [3.8, 4) is 0 Å². The van der Waals surface area contributed by atoms with E-state index in [-0.39, 0.29) is 5.31 Å². The summed E-state index contributed by atoms with van der Waals surface area (Å²) in [7, 11) is 6.23. The SMILES string of the molecule is [B]C(C)(CC)c1ccc(C(CC)CC)cc1. The molecular formula is C15H23B. The fraction of sp³-hybridized carbons (Fsp3) is 0.600. The minimum absolute atomic E-state index is 0.188. The highest BCUT2D eigenvalue weighted by Gasteiger charge is 2.17. The van der Waals surface area contributed by atoms with E-state index in [0.29, 0.717) is 5.92 Å². The topological polar surface area (TPSA) is 0 Å². The molecule has 0 bridgehead atoms. The van der Waals surface area contributed by atoms with Crippen LogP contribution in [0.25, 0.3) is 0 Å². The maximum absolute atomic E-state index is 6.23. The van der Waals surface area contributed by atoms with E-state index in [0.717, 1.165) is 6.42 Å². The highest BCUT2D eigenvalue weighted by atomic mass is 14.2. The van der Waals surface area contributed by atoms with Crippen molar-refractivity contribution in [2.45, 2.75) is 58.2 Å². The summed E-state index contributed by atoms with van der Waals surface area (Å²) in [5.74, 6) is 0.694. The van der Waals surface area contributed by atoms with Crippen LogP contribution in [0.1, 0.15) is 64.0 Å². The van der Waals surface area contributed by atoms with E-state index in [1.165, 1.54) is 24.0 Å². The summed E-state index contributed by atoms with van der Waals surface area (Å²) in [6, 6.07) is 8.87. The van der Waals surface area contributed by atoms with Crippen LogP contribution in [0.5, 0.6) is 0 Å². The summed E-state index contributed by atoms with van der Waals surface area (Å²) in [4.78, 5) is 0. The molecule has 0 spiro atoms. The smallest absolute Gasteiger partial charge is 0.0653 e. The van der Waals surface area contributed by atoms with Crippen molar-refractivity contribution >= 4 is 7.85 Å². The van der Waals surface area contributed by atoms with E-state index in [1.54, 1.807) is 0 Å². The van der Waals surface area contributed by atoms with Gasteiger partial charge in [0.15, 0.2) is 0 Å². The third kappa shape index (κ3) is 2.90. The van der Waals surface area contributed by atoms with E-state index in [1.807, 2.05) is 0 Å². The van der Waals surface area contributed by atoms with Crippen LogP contribution in [0.3, 0.4) is 0 Å². The van der Waals surface area contributed by atoms with Gasteiger partial charge in [-0.1, -0.05) is 63.9 Å². The third-order valence-electron chi connectivity index (χ3n) is 3.76. The number of hydrogen-bond donors (Lipinski definition) is 0. The molecule has 0 aliphatic carbocycles. The Hall–Kier alpha value is -0.715. The Morgan fingerprint density at radius 1 is 1.06 bits per heavy atom. The maximum atomic E-state index is 6.23. The normalized spacial score (nSPS) is 15.1. The second kappa shape index (κ2) is 5.56. The number of benzene rings is 1. The van der Waals surface area contributed by atoms with Crippen LogP contribution in [0.15, 0.2) is 24.3 Å². The summed E-state index contributed by atoms with van der Waals surface area (Å²) < 4.78 is 0. The Labute approximate surface area is 102 Å². The van der Waals surface area contributed by atoms with Crippen LogP contribution in [0, 0.1) is 0 Å². The molecule has 1 atom stereocenters. The second-order valence-corrected chi connectivity index (χ2v) is 4.91. The molecular weight excluding hydrogens is 191 g/mol. The van der Waals surface area contributed by atoms with E-state index in [4.69, 9.17) is 7.85 Å². The first-order valence-corrected chi connectivity index (χ1v) is 6.44. The lowest BCUT2D eigenvalue weighted by Gasteiger charge is -2.24. The lowest BCUT2D eigenvalue weighted by molar-refractivity contribution is 0.633. The molecule has 1 rings (SSSR count). The predicted octanol–water partition coefficient (Wildman–Crippen LogP) is 4.38. The molecule has 0 aliphatic rings. The van der Waals surface area contributed by atoms with Crippen molar-refractivity contribution in [3.05, 3.63) is 35.4 Å². The lowest BCUT2D eigenvalue weighted by Crippen LogP contribution is -2.20. The molecule has 0 aliphatic heterocycles. The largest absolute Gasteiger partial charge is 0.0806 e. The minimum atomic E-state index is -0.188. The van der Waals surface area contributed by atoms with Gasteiger partial charge in [0.05, 0.1) is 7.85 Å². The molecule has 1 heteroatoms. The highest BCUT2D eigenvalue weighted by Crippen LogP contribution is 2.27. The number of hydrogen-bond acceptors (Lipinski definition) is 0. The van der Waals surface area contributed by atoms with Crippen molar-refractivity contribution in [2.75, 3.05) is 0 Å². The van der Waals surface area contributed by atoms with Crippen molar-refractivity contribution < 1.29 is 0 Å². The average molecular weight is 214 g/mol. The molecule has 0 nitrogen and oxygen atoms in total. The first-order chi connectivity index (χ1) is 7.55. The average Bonchev–Trinajstić information content (AvgIpc) is 2.31. The van der Waals surface area contributed by atoms with Crippen LogP contribution in [-0.2, 0) is 5.31 Å². The molecule has 0 N–H and O–H groups in total. The Morgan fingerprint density at radius 3 is 1.94 bits per heavy atom. The summed E-state index contributed by atoms with van der Waals surface area (Å²) in [6.45, 7) is 8.73. The summed E-state index contributed by atoms with van der Waals surface area (Å²) in [6.07, 6.45) is 3.39. The molecule has 2 radical (unpaired) electrons. The zero-order valence-electron chi connectivity index (χ0n) is 11.1. The molecule has 0 heterocycles. The minimum Gasteiger partial charge on any atom is -0.0653 e. The van der Waals surface area contributed by atoms with E-state index in [2.05, 4.69) is 52.0 Å². The van der Waals surface area contributed by atoms with Crippen LogP contribution in [0.4, 0.5) is 0 Å². The van der Waals surface area contributed by atoms with Gasteiger partial charge < -0.3 is 0 Å². The van der Waals surface area contributed by atoms with E-state index < -0.39 is 0 Å². The van der Waals surface area contributed by atoms with Crippen molar-refractivity contribution in [3.63, 3.8) is 0 Å². The van der Waals surface area contributed by atoms with Gasteiger partial charge >= 0.3 is 0 Å². The zero-order valence-corrected chi connectivity index (χ0v) is 11.1. The molecule has 86 valence electrons. The van der Waals surface area contributed by atoms with Gasteiger partial charge in [-0.2, -0.15) is 0 Å². The fourth-order valence-electron chi connectivity index (χ4n) is 2.10. The van der Waals surface area contributed by atoms with Crippen LogP contribution in [0.2, 0.25) is 0 Å². The molecule has 1 unspecified atom stereocenters. The lowest BCUT2D eigenvalue weighted by atomic mass is 9.64. The Balaban J connectivity index is 2.90. The Morgan fingerprint density at radius 2 is 1.56 bits per heavy atom. The van der Waals surface area contributed by atoms with Gasteiger partial charge in [-0.15, -0.1) is 0 Å². The van der Waals surface area contributed by atoms with Crippen molar-refractivity contribution in [2.24, 2.45) is 0 Å². The molecule has 0 fully saturated rings. The quantitative estimate of drug-likeness (QED) is 0.638. The molecule has 0 aromatic heterocycles. The third-order valence-corrected chi connectivity index (χ3v) is 3.76. The maximum Gasteiger partial charge on any atom is 0.0806 e. The predicted molar refractivity (Wildman–Crippen MR) is 73.2 cm³/mol. The highest BCUT2D eigenvalue weighted by molar-refractivity contribution is 6.15. The monoisotopic (exact) mass is 214 g/mol. The van der Waals surface area contributed by atoms with Gasteiger partial charge in [-0.05, 0) is 29.6 Å². The summed E-state index contributed by atoms with van der Waals surface area (Å²) in [5.41, 5.74) is 2.69. The van der Waals surface area contributed by atoms with Gasteiger partial charge in [-0.25, -0.2) is 0 Å². The van der Waals surface area contributed by atoms with Crippen molar-refractivity contribution in [1.29, 1.82) is 0 Å². The van der Waals surface area contributed by atoms with Gasteiger partial charge in [0.2, 0.25) is 0 Å². The van der Waals surface area contributed by atoms with Gasteiger partial charge in [0.1, 0.15) is 0 Å². The Kier molecular flexibility index (Phi) is 4.64. The standard InChI is InChI=1S/C15H23B/c1-5-12(6-2)13-8-10-14(11-9-13)15(4,16)7-3/h8-12H,5-7H2,1-4H3. The zero-order chi connectivity index (χ0) is 12.2. The first kappa shape index (κ1) is 13.4. The fourth-order valence-corrected chi connectivity index (χ4v) is 2.10. The van der Waals surface area contributed by atoms with E-state index >= 15 is 0 Å². The second-order valence-electron chi connectivity index (χ2n) is 4.91. The molecule has 16 heavy (non-hydrogen) atoms.